The van der Waals surface area contributed by atoms with E-state index < -0.39 is 6.16 Å². The molecule has 0 atom stereocenters. The Kier molecular flexibility index (Phi) is 9.15. The largest absolute Gasteiger partial charge is 0.519 e. The zero-order valence-corrected chi connectivity index (χ0v) is 26.1. The number of anilines is 3. The van der Waals surface area contributed by atoms with E-state index in [2.05, 4.69) is 60.4 Å². The van der Waals surface area contributed by atoms with Crippen molar-refractivity contribution in [3.8, 4) is 17.2 Å². The van der Waals surface area contributed by atoms with Crippen LogP contribution in [-0.2, 0) is 10.2 Å². The van der Waals surface area contributed by atoms with Crippen LogP contribution >= 0.6 is 0 Å². The first-order valence-electron chi connectivity index (χ1n) is 15.7. The highest BCUT2D eigenvalue weighted by molar-refractivity contribution is 5.77. The van der Waals surface area contributed by atoms with Gasteiger partial charge in [-0.3, -0.25) is 4.79 Å². The van der Waals surface area contributed by atoms with E-state index >= 15 is 0 Å². The number of hydrogen-bond acceptors (Lipinski definition) is 6. The Balaban J connectivity index is 1.14. The van der Waals surface area contributed by atoms with Crippen LogP contribution in [0.4, 0.5) is 21.9 Å². The Labute approximate surface area is 270 Å². The molecule has 0 spiro atoms. The Morgan fingerprint density at radius 3 is 1.48 bits per heavy atom. The van der Waals surface area contributed by atoms with E-state index in [1.54, 1.807) is 12.1 Å². The lowest BCUT2D eigenvalue weighted by Crippen LogP contribution is -2.30. The maximum absolute atomic E-state index is 12.8. The second-order valence-electron chi connectivity index (χ2n) is 11.7. The average molecular weight is 612 g/mol. The van der Waals surface area contributed by atoms with Crippen molar-refractivity contribution in [2.24, 2.45) is 0 Å². The number of benzene rings is 5. The lowest BCUT2D eigenvalue weighted by Gasteiger charge is -2.38. The third-order valence-electron chi connectivity index (χ3n) is 8.59. The normalized spacial score (nSPS) is 13.8. The summed E-state index contributed by atoms with van der Waals surface area (Å²) in [5.41, 5.74) is 6.38. The van der Waals surface area contributed by atoms with Gasteiger partial charge >= 0.3 is 12.1 Å². The first-order chi connectivity index (χ1) is 22.4. The van der Waals surface area contributed by atoms with Gasteiger partial charge in [0.2, 0.25) is 0 Å². The van der Waals surface area contributed by atoms with Crippen molar-refractivity contribution < 1.29 is 23.8 Å². The first kappa shape index (κ1) is 30.7. The van der Waals surface area contributed by atoms with Gasteiger partial charge in [-0.1, -0.05) is 79.4 Å². The van der Waals surface area contributed by atoms with Crippen LogP contribution < -0.4 is 19.1 Å². The van der Waals surface area contributed by atoms with E-state index in [1.807, 2.05) is 66.7 Å². The van der Waals surface area contributed by atoms with Gasteiger partial charge in [0.25, 0.3) is 0 Å². The molecule has 1 aliphatic carbocycles. The molecule has 6 nitrogen and oxygen atoms in total. The predicted octanol–water partition coefficient (Wildman–Crippen LogP) is 10.2. The number of rotatable bonds is 8. The van der Waals surface area contributed by atoms with E-state index in [-0.39, 0.29) is 11.4 Å². The molecular formula is C40H37NO5. The minimum Gasteiger partial charge on any atom is -0.427 e. The van der Waals surface area contributed by atoms with Crippen LogP contribution in [0.25, 0.3) is 0 Å². The Morgan fingerprint density at radius 1 is 0.543 bits per heavy atom. The van der Waals surface area contributed by atoms with E-state index in [0.29, 0.717) is 17.2 Å². The van der Waals surface area contributed by atoms with E-state index in [4.69, 9.17) is 14.2 Å². The summed E-state index contributed by atoms with van der Waals surface area (Å²) in [7, 11) is 0. The highest BCUT2D eigenvalue weighted by Crippen LogP contribution is 2.45. The Bertz CT molecular complexity index is 1760. The summed E-state index contributed by atoms with van der Waals surface area (Å²) in [6, 6.07) is 41.4. The number of carbonyl (C=O) groups is 2. The molecule has 0 radical (unpaired) electrons. The molecule has 0 heterocycles. The molecule has 1 saturated carbocycles. The van der Waals surface area contributed by atoms with Crippen molar-refractivity contribution in [3.63, 3.8) is 0 Å². The number of carbonyl (C=O) groups excluding carboxylic acids is 2. The van der Waals surface area contributed by atoms with Gasteiger partial charge in [0.15, 0.2) is 0 Å². The molecule has 46 heavy (non-hydrogen) atoms. The second-order valence-corrected chi connectivity index (χ2v) is 11.7. The predicted molar refractivity (Wildman–Crippen MR) is 181 cm³/mol. The number of aryl methyl sites for hydroxylation is 1. The summed E-state index contributed by atoms with van der Waals surface area (Å²) in [6.07, 6.45) is 4.70. The minimum atomic E-state index is -0.799. The highest BCUT2D eigenvalue weighted by atomic mass is 16.7. The summed E-state index contributed by atoms with van der Waals surface area (Å²) < 4.78 is 16.3. The maximum Gasteiger partial charge on any atom is 0.519 e. The molecule has 5 aromatic rings. The second kappa shape index (κ2) is 13.7. The maximum atomic E-state index is 12.8. The van der Waals surface area contributed by atoms with Crippen molar-refractivity contribution in [2.75, 3.05) is 4.90 Å². The van der Waals surface area contributed by atoms with Gasteiger partial charge in [0.05, 0.1) is 0 Å². The third-order valence-corrected chi connectivity index (χ3v) is 8.59. The number of hydrogen-bond donors (Lipinski definition) is 0. The van der Waals surface area contributed by atoms with Gasteiger partial charge in [0.1, 0.15) is 17.2 Å². The van der Waals surface area contributed by atoms with Crippen LogP contribution in [-0.4, -0.2) is 12.1 Å². The van der Waals surface area contributed by atoms with Crippen molar-refractivity contribution in [1.82, 2.24) is 0 Å². The van der Waals surface area contributed by atoms with Crippen LogP contribution in [0.15, 0.2) is 127 Å². The summed E-state index contributed by atoms with van der Waals surface area (Å²) >= 11 is 0. The van der Waals surface area contributed by atoms with Gasteiger partial charge in [-0.2, -0.15) is 0 Å². The quantitative estimate of drug-likeness (QED) is 0.0988. The van der Waals surface area contributed by atoms with Crippen molar-refractivity contribution in [2.45, 2.75) is 51.4 Å². The number of ether oxygens (including phenoxy) is 3. The molecule has 6 heteroatoms. The molecule has 0 amide bonds. The smallest absolute Gasteiger partial charge is 0.427 e. The van der Waals surface area contributed by atoms with Crippen molar-refractivity contribution in [1.29, 1.82) is 0 Å². The molecule has 5 aromatic carbocycles. The SMILES string of the molecule is CC(=O)Oc1ccc(C2(c3ccc(OC(=O)Oc4ccc(N(c5ccccc5)c5ccc(C)cc5)cc4)cc3)CCCCC2)cc1. The summed E-state index contributed by atoms with van der Waals surface area (Å²) in [5.74, 6) is 1.01. The molecular weight excluding hydrogens is 574 g/mol. The van der Waals surface area contributed by atoms with E-state index in [0.717, 1.165) is 42.7 Å². The molecule has 0 unspecified atom stereocenters. The van der Waals surface area contributed by atoms with Crippen LogP contribution in [0.3, 0.4) is 0 Å². The minimum absolute atomic E-state index is 0.153. The van der Waals surface area contributed by atoms with Gasteiger partial charge in [-0.25, -0.2) is 4.79 Å². The molecule has 232 valence electrons. The Morgan fingerprint density at radius 2 is 0.978 bits per heavy atom. The fraction of sp³-hybridized carbons (Fsp3) is 0.200. The van der Waals surface area contributed by atoms with Crippen LogP contribution in [0.5, 0.6) is 17.2 Å². The van der Waals surface area contributed by atoms with E-state index in [1.165, 1.54) is 30.0 Å². The molecule has 0 saturated heterocycles. The first-order valence-corrected chi connectivity index (χ1v) is 15.7. The van der Waals surface area contributed by atoms with Crippen molar-refractivity contribution >= 4 is 29.2 Å². The van der Waals surface area contributed by atoms with Gasteiger partial charge in [-0.05, 0) is 104 Å². The molecule has 6 rings (SSSR count). The number of esters is 1. The molecule has 0 N–H and O–H groups in total. The highest BCUT2D eigenvalue weighted by Gasteiger charge is 2.35. The molecule has 0 aliphatic heterocycles. The molecule has 0 aromatic heterocycles. The lowest BCUT2D eigenvalue weighted by molar-refractivity contribution is -0.131. The van der Waals surface area contributed by atoms with E-state index in [9.17, 15) is 9.59 Å². The van der Waals surface area contributed by atoms with Gasteiger partial charge in [-0.15, -0.1) is 0 Å². The number of nitrogens with zero attached hydrogens (tertiary/aromatic N) is 1. The monoisotopic (exact) mass is 611 g/mol. The average Bonchev–Trinajstić information content (AvgIpc) is 3.08. The summed E-state index contributed by atoms with van der Waals surface area (Å²) in [6.45, 7) is 3.47. The third kappa shape index (κ3) is 6.97. The molecule has 1 fully saturated rings. The fourth-order valence-electron chi connectivity index (χ4n) is 6.34. The Hall–Kier alpha value is -5.36. The fourth-order valence-corrected chi connectivity index (χ4v) is 6.34. The summed E-state index contributed by atoms with van der Waals surface area (Å²) in [5, 5.41) is 0. The van der Waals surface area contributed by atoms with Crippen LogP contribution in [0.1, 0.15) is 55.7 Å². The van der Waals surface area contributed by atoms with Crippen LogP contribution in [0, 0.1) is 6.92 Å². The molecule has 1 aliphatic rings. The zero-order chi connectivity index (χ0) is 31.9. The lowest BCUT2D eigenvalue weighted by atomic mass is 9.65. The zero-order valence-electron chi connectivity index (χ0n) is 26.1. The van der Waals surface area contributed by atoms with Crippen LogP contribution in [0.2, 0.25) is 0 Å². The van der Waals surface area contributed by atoms with Gasteiger partial charge < -0.3 is 19.1 Å². The summed E-state index contributed by atoms with van der Waals surface area (Å²) in [4.78, 5) is 26.3. The van der Waals surface area contributed by atoms with Gasteiger partial charge in [0, 0.05) is 29.4 Å². The van der Waals surface area contributed by atoms with Crippen molar-refractivity contribution in [3.05, 3.63) is 144 Å². The molecule has 0 bridgehead atoms. The topological polar surface area (TPSA) is 65.1 Å². The number of para-hydroxylation sites is 1. The standard InChI is InChI=1S/C40H37NO5/c1-29-11-17-34(18-12-29)41(33-9-5-3-6-10-33)35-19-25-38(26-20-35)46-39(43)45-37-23-15-32(16-24-37)40(27-7-4-8-28-40)31-13-21-36(22-14-31)44-30(2)42/h3,5-6,9-26H,4,7-8,27-28H2,1-2H3.